The van der Waals surface area contributed by atoms with Crippen LogP contribution >= 0.6 is 0 Å². The minimum atomic E-state index is -1.82. The molecule has 0 saturated heterocycles. The van der Waals surface area contributed by atoms with Crippen LogP contribution in [-0.4, -0.2) is 17.2 Å². The fourth-order valence-corrected chi connectivity index (χ4v) is 1.65. The first-order valence-corrected chi connectivity index (χ1v) is 5.28. The molecule has 88 valence electrons. The van der Waals surface area contributed by atoms with Gasteiger partial charge in [-0.3, -0.25) is 0 Å². The fraction of sp³-hybridized carbons (Fsp3) is 0. The zero-order chi connectivity index (χ0) is 13.1. The van der Waals surface area contributed by atoms with Gasteiger partial charge < -0.3 is 10.0 Å². The SMILES string of the molecule is N#Cc1ccc(-c2ccc(B(O)O)c(F)c2)cc1. The van der Waals surface area contributed by atoms with Crippen molar-refractivity contribution in [1.29, 1.82) is 5.26 Å². The van der Waals surface area contributed by atoms with Crippen LogP contribution in [0.1, 0.15) is 5.56 Å². The van der Waals surface area contributed by atoms with Crippen LogP contribution in [0.15, 0.2) is 42.5 Å². The molecule has 0 radical (unpaired) electrons. The molecule has 18 heavy (non-hydrogen) atoms. The lowest BCUT2D eigenvalue weighted by Gasteiger charge is -2.05. The number of nitriles is 1. The van der Waals surface area contributed by atoms with E-state index < -0.39 is 12.9 Å². The van der Waals surface area contributed by atoms with Gasteiger partial charge in [0.15, 0.2) is 0 Å². The molecule has 0 saturated carbocycles. The maximum Gasteiger partial charge on any atom is 0.491 e. The summed E-state index contributed by atoms with van der Waals surface area (Å²) in [6.45, 7) is 0. The van der Waals surface area contributed by atoms with Gasteiger partial charge in [-0.05, 0) is 29.3 Å². The van der Waals surface area contributed by atoms with Crippen molar-refractivity contribution in [2.75, 3.05) is 0 Å². The van der Waals surface area contributed by atoms with Crippen molar-refractivity contribution in [2.45, 2.75) is 0 Å². The smallest absolute Gasteiger partial charge is 0.423 e. The minimum Gasteiger partial charge on any atom is -0.423 e. The average molecular weight is 241 g/mol. The van der Waals surface area contributed by atoms with Gasteiger partial charge in [-0.15, -0.1) is 0 Å². The first kappa shape index (κ1) is 12.3. The van der Waals surface area contributed by atoms with Gasteiger partial charge in [0.2, 0.25) is 0 Å². The third-order valence-electron chi connectivity index (χ3n) is 2.63. The normalized spacial score (nSPS) is 9.89. The van der Waals surface area contributed by atoms with E-state index >= 15 is 0 Å². The van der Waals surface area contributed by atoms with E-state index in [0.717, 1.165) is 5.56 Å². The first-order chi connectivity index (χ1) is 8.61. The molecule has 0 spiro atoms. The molecule has 0 fully saturated rings. The van der Waals surface area contributed by atoms with E-state index in [1.165, 1.54) is 12.1 Å². The van der Waals surface area contributed by atoms with Crippen molar-refractivity contribution >= 4 is 12.6 Å². The molecule has 0 atom stereocenters. The van der Waals surface area contributed by atoms with Crippen molar-refractivity contribution in [3.8, 4) is 17.2 Å². The van der Waals surface area contributed by atoms with Crippen molar-refractivity contribution in [3.63, 3.8) is 0 Å². The highest BCUT2D eigenvalue weighted by Gasteiger charge is 2.16. The molecule has 0 heterocycles. The molecular weight excluding hydrogens is 232 g/mol. The quantitative estimate of drug-likeness (QED) is 0.772. The molecule has 2 N–H and O–H groups in total. The molecule has 2 aromatic rings. The van der Waals surface area contributed by atoms with Gasteiger partial charge >= 0.3 is 7.12 Å². The van der Waals surface area contributed by atoms with Crippen molar-refractivity contribution < 1.29 is 14.4 Å². The maximum absolute atomic E-state index is 13.6. The molecule has 0 aliphatic rings. The predicted molar refractivity (Wildman–Crippen MR) is 66.4 cm³/mol. The lowest BCUT2D eigenvalue weighted by Crippen LogP contribution is -2.32. The number of hydrogen-bond acceptors (Lipinski definition) is 3. The standard InChI is InChI=1S/C13H9BFNO2/c15-13-7-11(5-6-12(13)14(17)18)10-3-1-9(8-16)2-4-10/h1-7,17-18H. The highest BCUT2D eigenvalue weighted by Crippen LogP contribution is 2.19. The predicted octanol–water partition coefficient (Wildman–Crippen LogP) is 1.04. The van der Waals surface area contributed by atoms with Crippen LogP contribution in [-0.2, 0) is 0 Å². The van der Waals surface area contributed by atoms with Crippen LogP contribution in [0, 0.1) is 17.1 Å². The minimum absolute atomic E-state index is 0.160. The monoisotopic (exact) mass is 241 g/mol. The summed E-state index contributed by atoms with van der Waals surface area (Å²) in [7, 11) is -1.82. The Morgan fingerprint density at radius 1 is 1.00 bits per heavy atom. The molecule has 5 heteroatoms. The largest absolute Gasteiger partial charge is 0.491 e. The summed E-state index contributed by atoms with van der Waals surface area (Å²) in [4.78, 5) is 0. The molecule has 2 rings (SSSR count). The summed E-state index contributed by atoms with van der Waals surface area (Å²) in [6, 6.07) is 12.9. The average Bonchev–Trinajstić information content (AvgIpc) is 2.38. The second-order valence-corrected chi connectivity index (χ2v) is 3.80. The highest BCUT2D eigenvalue weighted by atomic mass is 19.1. The summed E-state index contributed by atoms with van der Waals surface area (Å²) < 4.78 is 13.6. The fourth-order valence-electron chi connectivity index (χ4n) is 1.65. The molecular formula is C13H9BFNO2. The van der Waals surface area contributed by atoms with Crippen LogP contribution in [0.25, 0.3) is 11.1 Å². The molecule has 0 aliphatic heterocycles. The van der Waals surface area contributed by atoms with E-state index in [2.05, 4.69) is 0 Å². The second-order valence-electron chi connectivity index (χ2n) is 3.80. The summed E-state index contributed by atoms with van der Waals surface area (Å²) in [5, 5.41) is 26.5. The maximum atomic E-state index is 13.6. The van der Waals surface area contributed by atoms with Gasteiger partial charge in [0, 0.05) is 5.46 Å². The number of nitrogens with zero attached hydrogens (tertiary/aromatic N) is 1. The van der Waals surface area contributed by atoms with Gasteiger partial charge in [0.25, 0.3) is 0 Å². The van der Waals surface area contributed by atoms with E-state index in [-0.39, 0.29) is 5.46 Å². The van der Waals surface area contributed by atoms with E-state index in [1.54, 1.807) is 30.3 Å². The summed E-state index contributed by atoms with van der Waals surface area (Å²) in [5.74, 6) is -0.674. The molecule has 2 aromatic carbocycles. The van der Waals surface area contributed by atoms with Crippen LogP contribution in [0.3, 0.4) is 0 Å². The zero-order valence-corrected chi connectivity index (χ0v) is 9.34. The topological polar surface area (TPSA) is 64.2 Å². The summed E-state index contributed by atoms with van der Waals surface area (Å²) >= 11 is 0. The summed E-state index contributed by atoms with van der Waals surface area (Å²) in [5.41, 5.74) is 1.74. The number of halogens is 1. The lowest BCUT2D eigenvalue weighted by atomic mass is 9.79. The third-order valence-corrected chi connectivity index (χ3v) is 2.63. The molecule has 0 bridgehead atoms. The van der Waals surface area contributed by atoms with E-state index in [9.17, 15) is 4.39 Å². The van der Waals surface area contributed by atoms with Crippen LogP contribution < -0.4 is 5.46 Å². The number of benzene rings is 2. The zero-order valence-electron chi connectivity index (χ0n) is 9.34. The molecule has 0 aliphatic carbocycles. The number of hydrogen-bond donors (Lipinski definition) is 2. The second kappa shape index (κ2) is 5.00. The Bertz CT molecular complexity index is 605. The van der Waals surface area contributed by atoms with Crippen LogP contribution in [0.4, 0.5) is 4.39 Å². The van der Waals surface area contributed by atoms with E-state index in [0.29, 0.717) is 11.1 Å². The van der Waals surface area contributed by atoms with Crippen LogP contribution in [0.2, 0.25) is 0 Å². The van der Waals surface area contributed by atoms with Crippen molar-refractivity contribution in [2.24, 2.45) is 0 Å². The van der Waals surface area contributed by atoms with Crippen molar-refractivity contribution in [3.05, 3.63) is 53.8 Å². The third kappa shape index (κ3) is 2.40. The van der Waals surface area contributed by atoms with Crippen molar-refractivity contribution in [1.82, 2.24) is 0 Å². The molecule has 0 unspecified atom stereocenters. The lowest BCUT2D eigenvalue weighted by molar-refractivity contribution is 0.423. The Morgan fingerprint density at radius 2 is 1.61 bits per heavy atom. The van der Waals surface area contributed by atoms with Crippen LogP contribution in [0.5, 0.6) is 0 Å². The van der Waals surface area contributed by atoms with E-state index in [1.807, 2.05) is 6.07 Å². The first-order valence-electron chi connectivity index (χ1n) is 5.28. The Hall–Kier alpha value is -2.16. The molecule has 3 nitrogen and oxygen atoms in total. The molecule has 0 amide bonds. The Morgan fingerprint density at radius 3 is 2.11 bits per heavy atom. The molecule has 0 aromatic heterocycles. The van der Waals surface area contributed by atoms with E-state index in [4.69, 9.17) is 15.3 Å². The Kier molecular flexibility index (Phi) is 3.42. The van der Waals surface area contributed by atoms with Gasteiger partial charge in [0.05, 0.1) is 11.6 Å². The van der Waals surface area contributed by atoms with Gasteiger partial charge in [-0.1, -0.05) is 24.3 Å². The summed E-state index contributed by atoms with van der Waals surface area (Å²) in [6.07, 6.45) is 0. The van der Waals surface area contributed by atoms with Gasteiger partial charge in [-0.2, -0.15) is 5.26 Å². The number of rotatable bonds is 2. The Labute approximate surface area is 104 Å². The Balaban J connectivity index is 2.39. The van der Waals surface area contributed by atoms with Gasteiger partial charge in [-0.25, -0.2) is 4.39 Å². The van der Waals surface area contributed by atoms with Gasteiger partial charge in [0.1, 0.15) is 5.82 Å². The highest BCUT2D eigenvalue weighted by molar-refractivity contribution is 6.58.